The van der Waals surface area contributed by atoms with E-state index in [9.17, 15) is 9.90 Å². The van der Waals surface area contributed by atoms with E-state index in [1.807, 2.05) is 0 Å². The van der Waals surface area contributed by atoms with Gasteiger partial charge in [0, 0.05) is 18.3 Å². The van der Waals surface area contributed by atoms with Crippen LogP contribution in [0.2, 0.25) is 0 Å². The van der Waals surface area contributed by atoms with E-state index in [2.05, 4.69) is 32.6 Å². The number of hydrogen-bond donors (Lipinski definition) is 2. The van der Waals surface area contributed by atoms with Gasteiger partial charge < -0.3 is 15.7 Å². The van der Waals surface area contributed by atoms with Crippen molar-refractivity contribution in [3.8, 4) is 0 Å². The van der Waals surface area contributed by atoms with Crippen molar-refractivity contribution in [1.29, 1.82) is 0 Å². The third-order valence-corrected chi connectivity index (χ3v) is 2.75. The third-order valence-electron chi connectivity index (χ3n) is 2.75. The molecule has 0 radical (unpaired) electrons. The molecule has 0 amide bonds. The number of nitrogens with two attached hydrogens (primary N) is 1. The summed E-state index contributed by atoms with van der Waals surface area (Å²) in [7, 11) is 0. The molecular weight excluding hydrogens is 228 g/mol. The summed E-state index contributed by atoms with van der Waals surface area (Å²) in [5.74, 6) is -0.474. The third kappa shape index (κ3) is 3.39. The predicted octanol–water partition coefficient (Wildman–Crippen LogP) is 2.84. The molecule has 0 atom stereocenters. The van der Waals surface area contributed by atoms with Crippen LogP contribution < -0.4 is 10.6 Å². The first-order valence-corrected chi connectivity index (χ1v) is 6.22. The average Bonchev–Trinajstić information content (AvgIpc) is 2.25. The maximum absolute atomic E-state index is 11.3. The molecular formula is C14H22N2O2. The van der Waals surface area contributed by atoms with Gasteiger partial charge in [-0.25, -0.2) is 4.79 Å². The highest BCUT2D eigenvalue weighted by atomic mass is 16.4. The molecule has 18 heavy (non-hydrogen) atoms. The highest BCUT2D eigenvalue weighted by molar-refractivity contribution is 5.95. The molecule has 0 aliphatic heterocycles. The van der Waals surface area contributed by atoms with Gasteiger partial charge in [-0.1, -0.05) is 13.8 Å². The van der Waals surface area contributed by atoms with Crippen molar-refractivity contribution in [2.45, 2.75) is 33.7 Å². The first-order valence-electron chi connectivity index (χ1n) is 6.22. The second-order valence-corrected chi connectivity index (χ2v) is 5.22. The number of hydrogen-bond acceptors (Lipinski definition) is 3. The Morgan fingerprint density at radius 1 is 1.33 bits per heavy atom. The van der Waals surface area contributed by atoms with Gasteiger partial charge in [-0.05, 0) is 38.0 Å². The van der Waals surface area contributed by atoms with Crippen molar-refractivity contribution in [2.75, 3.05) is 17.2 Å². The Kier molecular flexibility index (Phi) is 4.59. The monoisotopic (exact) mass is 250 g/mol. The average molecular weight is 250 g/mol. The van der Waals surface area contributed by atoms with Crippen LogP contribution in [0.25, 0.3) is 0 Å². The molecule has 0 saturated carbocycles. The molecule has 0 saturated heterocycles. The molecule has 100 valence electrons. The van der Waals surface area contributed by atoms with Gasteiger partial charge in [0.25, 0.3) is 0 Å². The minimum atomic E-state index is -0.938. The summed E-state index contributed by atoms with van der Waals surface area (Å²) in [6, 6.07) is 5.31. The summed E-state index contributed by atoms with van der Waals surface area (Å²) in [5.41, 5.74) is 7.14. The zero-order valence-electron chi connectivity index (χ0n) is 11.5. The second kappa shape index (κ2) is 5.76. The lowest BCUT2D eigenvalue weighted by Crippen LogP contribution is -2.35. The Labute approximate surface area is 108 Å². The van der Waals surface area contributed by atoms with Crippen LogP contribution in [0.5, 0.6) is 0 Å². The van der Waals surface area contributed by atoms with Crippen LogP contribution in [-0.2, 0) is 0 Å². The lowest BCUT2D eigenvalue weighted by Gasteiger charge is -2.32. The van der Waals surface area contributed by atoms with E-state index in [-0.39, 0.29) is 11.6 Å². The lowest BCUT2D eigenvalue weighted by atomic mass is 10.1. The van der Waals surface area contributed by atoms with Crippen molar-refractivity contribution in [3.63, 3.8) is 0 Å². The van der Waals surface area contributed by atoms with Gasteiger partial charge in [0.2, 0.25) is 0 Å². The molecule has 1 aromatic rings. The number of aromatic carboxylic acids is 1. The van der Waals surface area contributed by atoms with Crippen LogP contribution >= 0.6 is 0 Å². The minimum absolute atomic E-state index is 0.245. The standard InChI is InChI=1S/C14H22N2O2/c1-9(2)8-16(10(3)4)13-6-5-11(15)7-12(13)14(17)18/h5-7,9-10H,8,15H2,1-4H3,(H,17,18). The molecule has 0 bridgehead atoms. The summed E-state index contributed by atoms with van der Waals surface area (Å²) in [6.45, 7) is 9.18. The maximum atomic E-state index is 11.3. The Hall–Kier alpha value is -1.71. The predicted molar refractivity (Wildman–Crippen MR) is 75.1 cm³/mol. The Balaban J connectivity index is 3.22. The van der Waals surface area contributed by atoms with Gasteiger partial charge >= 0.3 is 5.97 Å². The molecule has 0 aromatic heterocycles. The first-order chi connectivity index (χ1) is 8.32. The maximum Gasteiger partial charge on any atom is 0.337 e. The van der Waals surface area contributed by atoms with Gasteiger partial charge in [-0.2, -0.15) is 0 Å². The highest BCUT2D eigenvalue weighted by Crippen LogP contribution is 2.26. The van der Waals surface area contributed by atoms with E-state index in [0.29, 0.717) is 11.6 Å². The zero-order chi connectivity index (χ0) is 13.9. The number of rotatable bonds is 5. The topological polar surface area (TPSA) is 66.6 Å². The van der Waals surface area contributed by atoms with E-state index in [1.54, 1.807) is 12.1 Å². The molecule has 4 heteroatoms. The van der Waals surface area contributed by atoms with Crippen LogP contribution in [0.4, 0.5) is 11.4 Å². The summed E-state index contributed by atoms with van der Waals surface area (Å²) in [4.78, 5) is 13.4. The van der Waals surface area contributed by atoms with Gasteiger partial charge in [0.1, 0.15) is 0 Å². The van der Waals surface area contributed by atoms with Gasteiger partial charge in [0.05, 0.1) is 11.3 Å². The Morgan fingerprint density at radius 2 is 1.94 bits per heavy atom. The molecule has 0 aliphatic carbocycles. The van der Waals surface area contributed by atoms with E-state index in [1.165, 1.54) is 6.07 Å². The fourth-order valence-corrected chi connectivity index (χ4v) is 1.96. The second-order valence-electron chi connectivity index (χ2n) is 5.22. The number of nitrogen functional groups attached to an aromatic ring is 1. The van der Waals surface area contributed by atoms with Crippen LogP contribution in [0, 0.1) is 5.92 Å². The van der Waals surface area contributed by atoms with Crippen molar-refractivity contribution >= 4 is 17.3 Å². The minimum Gasteiger partial charge on any atom is -0.478 e. The lowest BCUT2D eigenvalue weighted by molar-refractivity contribution is 0.0697. The molecule has 0 heterocycles. The fraction of sp³-hybridized carbons (Fsp3) is 0.500. The van der Waals surface area contributed by atoms with E-state index in [0.717, 1.165) is 12.2 Å². The molecule has 1 aromatic carbocycles. The molecule has 0 fully saturated rings. The van der Waals surface area contributed by atoms with Crippen LogP contribution in [0.1, 0.15) is 38.1 Å². The van der Waals surface area contributed by atoms with E-state index < -0.39 is 5.97 Å². The number of anilines is 2. The van der Waals surface area contributed by atoms with Crippen LogP contribution in [-0.4, -0.2) is 23.7 Å². The van der Waals surface area contributed by atoms with Crippen LogP contribution in [0.3, 0.4) is 0 Å². The van der Waals surface area contributed by atoms with E-state index >= 15 is 0 Å². The van der Waals surface area contributed by atoms with Crippen molar-refractivity contribution in [2.24, 2.45) is 5.92 Å². The molecule has 0 unspecified atom stereocenters. The normalized spacial score (nSPS) is 11.0. The summed E-state index contributed by atoms with van der Waals surface area (Å²) < 4.78 is 0. The molecule has 0 aliphatic rings. The fourth-order valence-electron chi connectivity index (χ4n) is 1.96. The number of carboxylic acid groups (broad SMARTS) is 1. The number of carboxylic acids is 1. The zero-order valence-corrected chi connectivity index (χ0v) is 11.5. The quantitative estimate of drug-likeness (QED) is 0.789. The SMILES string of the molecule is CC(C)CN(c1ccc(N)cc1C(=O)O)C(C)C. The number of benzene rings is 1. The van der Waals surface area contributed by atoms with Gasteiger partial charge in [0.15, 0.2) is 0 Å². The van der Waals surface area contributed by atoms with Crippen molar-refractivity contribution < 1.29 is 9.90 Å². The largest absolute Gasteiger partial charge is 0.478 e. The van der Waals surface area contributed by atoms with Gasteiger partial charge in [-0.15, -0.1) is 0 Å². The molecule has 1 rings (SSSR count). The molecule has 3 N–H and O–H groups in total. The number of carbonyl (C=O) groups is 1. The summed E-state index contributed by atoms with van der Waals surface area (Å²) in [6.07, 6.45) is 0. The Bertz CT molecular complexity index is 428. The van der Waals surface area contributed by atoms with Crippen LogP contribution in [0.15, 0.2) is 18.2 Å². The summed E-state index contributed by atoms with van der Waals surface area (Å²) in [5, 5.41) is 9.27. The Morgan fingerprint density at radius 3 is 2.39 bits per heavy atom. The highest BCUT2D eigenvalue weighted by Gasteiger charge is 2.19. The smallest absolute Gasteiger partial charge is 0.337 e. The first kappa shape index (κ1) is 14.4. The molecule has 0 spiro atoms. The van der Waals surface area contributed by atoms with Crippen molar-refractivity contribution in [3.05, 3.63) is 23.8 Å². The molecule has 4 nitrogen and oxygen atoms in total. The van der Waals surface area contributed by atoms with Gasteiger partial charge in [-0.3, -0.25) is 0 Å². The number of nitrogens with zero attached hydrogens (tertiary/aromatic N) is 1. The van der Waals surface area contributed by atoms with E-state index in [4.69, 9.17) is 5.73 Å². The van der Waals surface area contributed by atoms with Crippen molar-refractivity contribution in [1.82, 2.24) is 0 Å². The summed E-state index contributed by atoms with van der Waals surface area (Å²) >= 11 is 0.